The van der Waals surface area contributed by atoms with Crippen molar-refractivity contribution in [3.63, 3.8) is 0 Å². The second-order valence-electron chi connectivity index (χ2n) is 7.02. The van der Waals surface area contributed by atoms with E-state index in [-0.39, 0.29) is 0 Å². The van der Waals surface area contributed by atoms with Crippen LogP contribution in [0.5, 0.6) is 0 Å². The molecule has 0 aromatic rings. The normalized spacial score (nSPS) is 26.6. The summed E-state index contributed by atoms with van der Waals surface area (Å²) in [4.78, 5) is 12.1. The molecule has 0 amide bonds. The third-order valence-electron chi connectivity index (χ3n) is 4.54. The third-order valence-corrected chi connectivity index (χ3v) is 4.54. The number of carbonyl (C=O) groups excluding carboxylic acids is 1. The van der Waals surface area contributed by atoms with E-state index in [0.717, 1.165) is 38.5 Å². The fourth-order valence-electron chi connectivity index (χ4n) is 2.99. The summed E-state index contributed by atoms with van der Waals surface area (Å²) in [6.07, 6.45) is 11.5. The zero-order chi connectivity index (χ0) is 15.8. The van der Waals surface area contributed by atoms with Crippen molar-refractivity contribution in [1.82, 2.24) is 0 Å². The van der Waals surface area contributed by atoms with Gasteiger partial charge in [-0.15, -0.1) is 0 Å². The first-order valence-electron chi connectivity index (χ1n) is 8.36. The minimum Gasteiger partial charge on any atom is -0.299 e. The van der Waals surface area contributed by atoms with Gasteiger partial charge in [-0.2, -0.15) is 0 Å². The van der Waals surface area contributed by atoms with Gasteiger partial charge in [0.1, 0.15) is 5.78 Å². The van der Waals surface area contributed by atoms with Gasteiger partial charge in [-0.05, 0) is 64.7 Å². The summed E-state index contributed by atoms with van der Waals surface area (Å²) < 4.78 is 0. The van der Waals surface area contributed by atoms with Crippen LogP contribution in [0.4, 0.5) is 0 Å². The molecule has 0 aromatic heterocycles. The molecule has 2 atom stereocenters. The summed E-state index contributed by atoms with van der Waals surface area (Å²) in [7, 11) is 0. The average Bonchev–Trinajstić information content (AvgIpc) is 2.36. The molecule has 0 aliphatic heterocycles. The van der Waals surface area contributed by atoms with Gasteiger partial charge in [0.15, 0.2) is 0 Å². The minimum atomic E-state index is 0.396. The number of allylic oxidation sites excluding steroid dienone is 5. The Morgan fingerprint density at radius 1 is 1.19 bits per heavy atom. The highest BCUT2D eigenvalue weighted by Crippen LogP contribution is 2.26. The van der Waals surface area contributed by atoms with Gasteiger partial charge in [-0.3, -0.25) is 4.79 Å². The van der Waals surface area contributed by atoms with Crippen LogP contribution in [0.3, 0.4) is 0 Å². The third kappa shape index (κ3) is 7.45. The van der Waals surface area contributed by atoms with Crippen LogP contribution in [-0.2, 0) is 4.79 Å². The number of hydrogen-bond acceptors (Lipinski definition) is 1. The van der Waals surface area contributed by atoms with Gasteiger partial charge < -0.3 is 0 Å². The van der Waals surface area contributed by atoms with Crippen molar-refractivity contribution < 1.29 is 4.79 Å². The molecule has 1 aliphatic rings. The Hall–Kier alpha value is -1.11. The molecule has 0 heterocycles. The predicted molar refractivity (Wildman–Crippen MR) is 92.3 cm³/mol. The molecule has 0 radical (unpaired) electrons. The highest BCUT2D eigenvalue weighted by Gasteiger charge is 2.14. The summed E-state index contributed by atoms with van der Waals surface area (Å²) in [5.74, 6) is 1.45. The molecule has 0 fully saturated rings. The molecule has 0 saturated carbocycles. The van der Waals surface area contributed by atoms with E-state index in [1.807, 2.05) is 0 Å². The van der Waals surface area contributed by atoms with Crippen molar-refractivity contribution in [2.45, 2.75) is 72.6 Å². The maximum absolute atomic E-state index is 12.1. The van der Waals surface area contributed by atoms with E-state index < -0.39 is 0 Å². The van der Waals surface area contributed by atoms with Gasteiger partial charge in [0, 0.05) is 12.8 Å². The van der Waals surface area contributed by atoms with Gasteiger partial charge in [0.05, 0.1) is 0 Å². The summed E-state index contributed by atoms with van der Waals surface area (Å²) in [6, 6.07) is 0. The SMILES string of the molecule is C=C(C)C1CC=C(C)CCC=C(C)CC(=O)CC(C)CC1. The summed E-state index contributed by atoms with van der Waals surface area (Å²) >= 11 is 0. The highest BCUT2D eigenvalue weighted by atomic mass is 16.1. The van der Waals surface area contributed by atoms with Crippen molar-refractivity contribution in [3.05, 3.63) is 35.5 Å². The maximum atomic E-state index is 12.1. The second kappa shape index (κ2) is 9.02. The molecule has 0 aromatic carbocycles. The lowest BCUT2D eigenvalue weighted by molar-refractivity contribution is -0.119. The molecule has 1 rings (SSSR count). The summed E-state index contributed by atoms with van der Waals surface area (Å²) in [6.45, 7) is 12.8. The number of hydrogen-bond donors (Lipinski definition) is 0. The van der Waals surface area contributed by atoms with Crippen molar-refractivity contribution in [1.29, 1.82) is 0 Å². The van der Waals surface area contributed by atoms with Crippen molar-refractivity contribution in [2.24, 2.45) is 11.8 Å². The fourth-order valence-corrected chi connectivity index (χ4v) is 2.99. The lowest BCUT2D eigenvalue weighted by Crippen LogP contribution is -2.09. The Balaban J connectivity index is 2.79. The second-order valence-corrected chi connectivity index (χ2v) is 7.02. The zero-order valence-corrected chi connectivity index (χ0v) is 14.4. The molecule has 21 heavy (non-hydrogen) atoms. The van der Waals surface area contributed by atoms with E-state index in [0.29, 0.717) is 24.0 Å². The molecule has 0 saturated heterocycles. The molecule has 1 nitrogen and oxygen atoms in total. The Labute approximate surface area is 131 Å². The molecule has 0 bridgehead atoms. The number of ketones is 1. The molecule has 1 aliphatic carbocycles. The Kier molecular flexibility index (Phi) is 7.71. The fraction of sp³-hybridized carbons (Fsp3) is 0.650. The van der Waals surface area contributed by atoms with E-state index in [1.54, 1.807) is 0 Å². The van der Waals surface area contributed by atoms with E-state index in [1.165, 1.54) is 16.7 Å². The van der Waals surface area contributed by atoms with Crippen LogP contribution < -0.4 is 0 Å². The van der Waals surface area contributed by atoms with Crippen LogP contribution in [0.25, 0.3) is 0 Å². The number of rotatable bonds is 1. The minimum absolute atomic E-state index is 0.396. The van der Waals surface area contributed by atoms with Crippen LogP contribution in [0, 0.1) is 11.8 Å². The van der Waals surface area contributed by atoms with Crippen LogP contribution in [-0.4, -0.2) is 5.78 Å². The molecule has 118 valence electrons. The number of carbonyl (C=O) groups is 1. The zero-order valence-electron chi connectivity index (χ0n) is 14.4. The van der Waals surface area contributed by atoms with Crippen LogP contribution in [0.2, 0.25) is 0 Å². The first kappa shape index (κ1) is 17.9. The van der Waals surface area contributed by atoms with Crippen molar-refractivity contribution in [2.75, 3.05) is 0 Å². The molecular formula is C20H32O. The van der Waals surface area contributed by atoms with E-state index in [2.05, 4.69) is 46.4 Å². The van der Waals surface area contributed by atoms with Gasteiger partial charge in [0.25, 0.3) is 0 Å². The first-order chi connectivity index (χ1) is 9.88. The average molecular weight is 288 g/mol. The van der Waals surface area contributed by atoms with Crippen LogP contribution in [0.15, 0.2) is 35.5 Å². The first-order valence-corrected chi connectivity index (χ1v) is 8.36. The molecule has 0 N–H and O–H groups in total. The van der Waals surface area contributed by atoms with Gasteiger partial charge in [-0.25, -0.2) is 0 Å². The topological polar surface area (TPSA) is 17.1 Å². The van der Waals surface area contributed by atoms with Crippen molar-refractivity contribution in [3.8, 4) is 0 Å². The quantitative estimate of drug-likeness (QED) is 0.539. The predicted octanol–water partition coefficient (Wildman–Crippen LogP) is 6.02. The highest BCUT2D eigenvalue weighted by molar-refractivity contribution is 5.80. The Morgan fingerprint density at radius 2 is 1.90 bits per heavy atom. The van der Waals surface area contributed by atoms with E-state index >= 15 is 0 Å². The smallest absolute Gasteiger partial charge is 0.137 e. The molecular weight excluding hydrogens is 256 g/mol. The number of Topliss-reactive ketones (excluding diaryl/α,β-unsaturated/α-hetero) is 1. The standard InChI is InChI=1S/C20H32O/c1-15(2)19-11-9-16(3)7-6-8-17(4)13-20(21)14-18(5)10-12-19/h8-9,18-19H,1,6-7,10-14H2,2-5H3. The molecule has 1 heteroatoms. The largest absolute Gasteiger partial charge is 0.299 e. The maximum Gasteiger partial charge on any atom is 0.137 e. The van der Waals surface area contributed by atoms with Crippen LogP contribution >= 0.6 is 0 Å². The summed E-state index contributed by atoms with van der Waals surface area (Å²) in [5.41, 5.74) is 3.97. The summed E-state index contributed by atoms with van der Waals surface area (Å²) in [5, 5.41) is 0. The molecule has 2 unspecified atom stereocenters. The van der Waals surface area contributed by atoms with E-state index in [4.69, 9.17) is 0 Å². The van der Waals surface area contributed by atoms with Crippen molar-refractivity contribution >= 4 is 5.78 Å². The van der Waals surface area contributed by atoms with Gasteiger partial charge in [-0.1, -0.05) is 42.4 Å². The lowest BCUT2D eigenvalue weighted by atomic mass is 9.86. The molecule has 0 spiro atoms. The van der Waals surface area contributed by atoms with Gasteiger partial charge in [0.2, 0.25) is 0 Å². The lowest BCUT2D eigenvalue weighted by Gasteiger charge is -2.19. The van der Waals surface area contributed by atoms with Crippen LogP contribution in [0.1, 0.15) is 72.6 Å². The van der Waals surface area contributed by atoms with E-state index in [9.17, 15) is 4.79 Å². The Bertz CT molecular complexity index is 425. The van der Waals surface area contributed by atoms with Gasteiger partial charge >= 0.3 is 0 Å². The Morgan fingerprint density at radius 3 is 2.57 bits per heavy atom. The monoisotopic (exact) mass is 288 g/mol.